The van der Waals surface area contributed by atoms with E-state index < -0.39 is 0 Å². The van der Waals surface area contributed by atoms with Gasteiger partial charge in [0, 0.05) is 12.3 Å². The maximum Gasteiger partial charge on any atom is 0.229 e. The monoisotopic (exact) mass is 195 g/mol. The van der Waals surface area contributed by atoms with Crippen LogP contribution in [0.5, 0.6) is 0 Å². The number of rotatable bonds is 1. The molecule has 0 aromatic rings. The highest BCUT2D eigenvalue weighted by Crippen LogP contribution is 2.63. The molecule has 1 N–H and O–H groups in total. The maximum absolute atomic E-state index is 11.6. The molecule has 0 aromatic heterocycles. The van der Waals surface area contributed by atoms with Crippen molar-refractivity contribution in [3.05, 3.63) is 0 Å². The molecule has 0 radical (unpaired) electrons. The van der Waals surface area contributed by atoms with E-state index >= 15 is 0 Å². The number of hydrogen-bond donors (Lipinski definition) is 1. The molecule has 2 aliphatic rings. The molecule has 1 aliphatic carbocycles. The third-order valence-corrected chi connectivity index (χ3v) is 4.52. The van der Waals surface area contributed by atoms with E-state index in [0.717, 1.165) is 12.8 Å². The smallest absolute Gasteiger partial charge is 0.229 e. The lowest BCUT2D eigenvalue weighted by Gasteiger charge is -2.43. The van der Waals surface area contributed by atoms with Crippen molar-refractivity contribution in [2.24, 2.45) is 16.7 Å². The predicted molar refractivity (Wildman–Crippen MR) is 52.4 cm³/mol. The van der Waals surface area contributed by atoms with Crippen molar-refractivity contribution >= 4 is 11.8 Å². The number of imide groups is 1. The first-order valence-corrected chi connectivity index (χ1v) is 5.23. The zero-order valence-electron chi connectivity index (χ0n) is 9.02. The molecule has 2 amide bonds. The quantitative estimate of drug-likeness (QED) is 0.644. The van der Waals surface area contributed by atoms with Gasteiger partial charge in [0.25, 0.3) is 0 Å². The lowest BCUT2D eigenvalue weighted by molar-refractivity contribution is -0.145. The topological polar surface area (TPSA) is 46.2 Å². The van der Waals surface area contributed by atoms with Gasteiger partial charge in [-0.2, -0.15) is 0 Å². The van der Waals surface area contributed by atoms with Gasteiger partial charge in [-0.05, 0) is 23.7 Å². The molecular formula is C11H17NO2. The van der Waals surface area contributed by atoms with Crippen LogP contribution in [0.2, 0.25) is 0 Å². The molecule has 1 saturated carbocycles. The third kappa shape index (κ3) is 1.11. The van der Waals surface area contributed by atoms with E-state index in [0.29, 0.717) is 6.42 Å². The molecule has 2 rings (SSSR count). The van der Waals surface area contributed by atoms with Crippen LogP contribution in [-0.2, 0) is 9.59 Å². The van der Waals surface area contributed by atoms with Crippen molar-refractivity contribution in [1.29, 1.82) is 0 Å². The zero-order valence-corrected chi connectivity index (χ0v) is 9.02. The van der Waals surface area contributed by atoms with Crippen LogP contribution in [-0.4, -0.2) is 11.8 Å². The van der Waals surface area contributed by atoms with Gasteiger partial charge in [-0.3, -0.25) is 14.9 Å². The minimum absolute atomic E-state index is 0.0484. The average molecular weight is 195 g/mol. The van der Waals surface area contributed by atoms with E-state index in [9.17, 15) is 9.59 Å². The van der Waals surface area contributed by atoms with Gasteiger partial charge >= 0.3 is 0 Å². The van der Waals surface area contributed by atoms with Crippen LogP contribution in [0.25, 0.3) is 0 Å². The number of hydrogen-bond acceptors (Lipinski definition) is 2. The highest BCUT2D eigenvalue weighted by molar-refractivity contribution is 5.99. The van der Waals surface area contributed by atoms with Crippen molar-refractivity contribution in [3.63, 3.8) is 0 Å². The summed E-state index contributed by atoms with van der Waals surface area (Å²) in [5.74, 6) is -0.256. The van der Waals surface area contributed by atoms with Gasteiger partial charge in [0.15, 0.2) is 0 Å². The van der Waals surface area contributed by atoms with Crippen molar-refractivity contribution in [3.8, 4) is 0 Å². The first-order chi connectivity index (χ1) is 6.39. The van der Waals surface area contributed by atoms with Gasteiger partial charge in [-0.15, -0.1) is 0 Å². The molecule has 2 atom stereocenters. The Bertz CT molecular complexity index is 306. The Kier molecular flexibility index (Phi) is 1.79. The molecule has 2 unspecified atom stereocenters. The van der Waals surface area contributed by atoms with E-state index in [1.165, 1.54) is 0 Å². The second-order valence-corrected chi connectivity index (χ2v) is 5.29. The van der Waals surface area contributed by atoms with E-state index in [4.69, 9.17) is 0 Å². The van der Waals surface area contributed by atoms with E-state index in [-0.39, 0.29) is 28.6 Å². The van der Waals surface area contributed by atoms with Gasteiger partial charge in [0.1, 0.15) is 0 Å². The van der Waals surface area contributed by atoms with Crippen molar-refractivity contribution in [1.82, 2.24) is 5.32 Å². The van der Waals surface area contributed by atoms with Gasteiger partial charge in [0.2, 0.25) is 11.8 Å². The van der Waals surface area contributed by atoms with Crippen molar-refractivity contribution < 1.29 is 9.59 Å². The SMILES string of the molecule is CC1C(=O)NC(=O)CC1(C)C1(C)CC1. The van der Waals surface area contributed by atoms with E-state index in [1.807, 2.05) is 6.92 Å². The minimum Gasteiger partial charge on any atom is -0.296 e. The average Bonchev–Trinajstić information content (AvgIpc) is 2.81. The largest absolute Gasteiger partial charge is 0.296 e. The number of piperidine rings is 1. The Morgan fingerprint density at radius 3 is 2.36 bits per heavy atom. The fraction of sp³-hybridized carbons (Fsp3) is 0.818. The normalized spacial score (nSPS) is 40.6. The second kappa shape index (κ2) is 2.59. The van der Waals surface area contributed by atoms with Crippen LogP contribution in [0.3, 0.4) is 0 Å². The maximum atomic E-state index is 11.6. The summed E-state index contributed by atoms with van der Waals surface area (Å²) >= 11 is 0. The number of nitrogens with one attached hydrogen (secondary N) is 1. The standard InChI is InChI=1S/C11H17NO2/c1-7-9(14)12-8(13)6-11(7,3)10(2)4-5-10/h7H,4-6H2,1-3H3,(H,12,13,14). The molecule has 1 aliphatic heterocycles. The van der Waals surface area contributed by atoms with Crippen LogP contribution in [0.15, 0.2) is 0 Å². The second-order valence-electron chi connectivity index (χ2n) is 5.29. The first-order valence-electron chi connectivity index (χ1n) is 5.23. The summed E-state index contributed by atoms with van der Waals surface area (Å²) < 4.78 is 0. The Morgan fingerprint density at radius 2 is 1.86 bits per heavy atom. The van der Waals surface area contributed by atoms with Crippen LogP contribution in [0, 0.1) is 16.7 Å². The predicted octanol–water partition coefficient (Wildman–Crippen LogP) is 1.48. The third-order valence-electron chi connectivity index (χ3n) is 4.52. The number of carbonyl (C=O) groups excluding carboxylic acids is 2. The Balaban J connectivity index is 2.32. The summed E-state index contributed by atoms with van der Waals surface area (Å²) in [5, 5.41) is 2.41. The van der Waals surface area contributed by atoms with Crippen molar-refractivity contribution in [2.75, 3.05) is 0 Å². The number of amides is 2. The number of carbonyl (C=O) groups is 2. The molecule has 1 heterocycles. The molecule has 78 valence electrons. The van der Waals surface area contributed by atoms with Crippen LogP contribution in [0.4, 0.5) is 0 Å². The molecule has 0 bridgehead atoms. The molecule has 3 heteroatoms. The molecule has 3 nitrogen and oxygen atoms in total. The van der Waals surface area contributed by atoms with Crippen LogP contribution in [0.1, 0.15) is 40.0 Å². The molecule has 14 heavy (non-hydrogen) atoms. The molecular weight excluding hydrogens is 178 g/mol. The summed E-state index contributed by atoms with van der Waals surface area (Å²) in [5.41, 5.74) is 0.0756. The highest BCUT2D eigenvalue weighted by atomic mass is 16.2. The van der Waals surface area contributed by atoms with Crippen molar-refractivity contribution in [2.45, 2.75) is 40.0 Å². The summed E-state index contributed by atoms with van der Waals surface area (Å²) in [6.07, 6.45) is 2.79. The fourth-order valence-electron chi connectivity index (χ4n) is 2.56. The van der Waals surface area contributed by atoms with Crippen LogP contribution < -0.4 is 5.32 Å². The summed E-state index contributed by atoms with van der Waals surface area (Å²) in [4.78, 5) is 22.9. The fourth-order valence-corrected chi connectivity index (χ4v) is 2.56. The minimum atomic E-state index is -0.133. The summed E-state index contributed by atoms with van der Waals surface area (Å²) in [6.45, 7) is 6.21. The van der Waals surface area contributed by atoms with Crippen LogP contribution >= 0.6 is 0 Å². The lowest BCUT2D eigenvalue weighted by Crippen LogP contribution is -2.52. The molecule has 0 aromatic carbocycles. The Labute approximate surface area is 84.2 Å². The summed E-state index contributed by atoms with van der Waals surface area (Å²) in [6, 6.07) is 0. The van der Waals surface area contributed by atoms with E-state index in [1.54, 1.807) is 0 Å². The van der Waals surface area contributed by atoms with E-state index in [2.05, 4.69) is 19.2 Å². The molecule has 0 spiro atoms. The van der Waals surface area contributed by atoms with Gasteiger partial charge in [0.05, 0.1) is 0 Å². The first kappa shape index (κ1) is 9.69. The van der Waals surface area contributed by atoms with Gasteiger partial charge < -0.3 is 0 Å². The lowest BCUT2D eigenvalue weighted by atomic mass is 9.63. The Hall–Kier alpha value is -0.860. The molecule has 1 saturated heterocycles. The summed E-state index contributed by atoms with van der Waals surface area (Å²) in [7, 11) is 0. The Morgan fingerprint density at radius 1 is 1.29 bits per heavy atom. The highest BCUT2D eigenvalue weighted by Gasteiger charge is 2.59. The van der Waals surface area contributed by atoms with Gasteiger partial charge in [-0.1, -0.05) is 20.8 Å². The van der Waals surface area contributed by atoms with Gasteiger partial charge in [-0.25, -0.2) is 0 Å². The molecule has 2 fully saturated rings. The zero-order chi connectivity index (χ0) is 10.6.